The van der Waals surface area contributed by atoms with E-state index < -0.39 is 0 Å². The van der Waals surface area contributed by atoms with Crippen molar-refractivity contribution in [2.75, 3.05) is 0 Å². The molecule has 0 N–H and O–H groups in total. The lowest BCUT2D eigenvalue weighted by atomic mass is 9.99. The molecule has 0 saturated heterocycles. The summed E-state index contributed by atoms with van der Waals surface area (Å²) in [6, 6.07) is 26.7. The van der Waals surface area contributed by atoms with Gasteiger partial charge in [-0.1, -0.05) is 36.4 Å². The number of fused-ring (bicyclic) bond motifs is 2. The number of benzene rings is 3. The van der Waals surface area contributed by atoms with Gasteiger partial charge in [-0.25, -0.2) is 0 Å². The van der Waals surface area contributed by atoms with Gasteiger partial charge in [-0.15, -0.1) is 22.7 Å². The van der Waals surface area contributed by atoms with Crippen molar-refractivity contribution in [3.63, 3.8) is 0 Å². The van der Waals surface area contributed by atoms with Crippen molar-refractivity contribution in [2.24, 2.45) is 0 Å². The van der Waals surface area contributed by atoms with Gasteiger partial charge in [0.25, 0.3) is 0 Å². The molecular weight excluding hydrogens is 328 g/mol. The molecule has 0 aliphatic rings. The molecule has 0 amide bonds. The van der Waals surface area contributed by atoms with Crippen LogP contribution in [0.2, 0.25) is 0 Å². The molecule has 0 fully saturated rings. The van der Waals surface area contributed by atoms with E-state index in [0.29, 0.717) is 0 Å². The van der Waals surface area contributed by atoms with Crippen LogP contribution in [0.3, 0.4) is 0 Å². The monoisotopic (exact) mass is 342 g/mol. The summed E-state index contributed by atoms with van der Waals surface area (Å²) in [6.07, 6.45) is 0. The maximum Gasteiger partial charge on any atom is 0.0342 e. The zero-order valence-corrected chi connectivity index (χ0v) is 14.5. The van der Waals surface area contributed by atoms with Crippen molar-refractivity contribution in [2.45, 2.75) is 0 Å². The fourth-order valence-corrected chi connectivity index (χ4v) is 4.64. The Kier molecular flexibility index (Phi) is 3.25. The molecule has 0 atom stereocenters. The van der Waals surface area contributed by atoms with Gasteiger partial charge in [0, 0.05) is 9.75 Å². The van der Waals surface area contributed by atoms with Crippen LogP contribution in [-0.4, -0.2) is 0 Å². The minimum atomic E-state index is 1.30. The first-order valence-corrected chi connectivity index (χ1v) is 9.68. The van der Waals surface area contributed by atoms with E-state index in [9.17, 15) is 0 Å². The molecule has 0 aliphatic carbocycles. The first-order valence-electron chi connectivity index (χ1n) is 7.92. The highest BCUT2D eigenvalue weighted by Crippen LogP contribution is 2.32. The number of thiophene rings is 2. The Morgan fingerprint density at radius 1 is 0.458 bits per heavy atom. The summed E-state index contributed by atoms with van der Waals surface area (Å²) in [6.45, 7) is 0. The molecule has 5 rings (SSSR count). The van der Waals surface area contributed by atoms with Crippen molar-refractivity contribution in [3.8, 4) is 20.9 Å². The van der Waals surface area contributed by atoms with Crippen molar-refractivity contribution >= 4 is 44.2 Å². The van der Waals surface area contributed by atoms with Crippen LogP contribution in [-0.2, 0) is 0 Å². The lowest BCUT2D eigenvalue weighted by Gasteiger charge is -2.06. The third-order valence-electron chi connectivity index (χ3n) is 4.41. The van der Waals surface area contributed by atoms with Crippen molar-refractivity contribution in [3.05, 3.63) is 83.6 Å². The topological polar surface area (TPSA) is 0 Å². The van der Waals surface area contributed by atoms with Crippen LogP contribution < -0.4 is 0 Å². The maximum atomic E-state index is 2.32. The highest BCUT2D eigenvalue weighted by molar-refractivity contribution is 7.13. The molecule has 0 saturated carbocycles. The zero-order valence-electron chi connectivity index (χ0n) is 12.9. The standard InChI is InChI=1S/C22H14S2/c1-3-21(23-9-1)17-7-5-15-11-16-6-8-18(22-4-2-10-24-22)13-20(16)14-19(15)12-17/h1-14H. The molecule has 0 spiro atoms. The predicted octanol–water partition coefficient (Wildman–Crippen LogP) is 7.45. The Hall–Kier alpha value is -2.42. The van der Waals surface area contributed by atoms with Crippen molar-refractivity contribution in [1.82, 2.24) is 0 Å². The Balaban J connectivity index is 1.71. The van der Waals surface area contributed by atoms with Crippen LogP contribution in [0, 0.1) is 0 Å². The van der Waals surface area contributed by atoms with E-state index in [4.69, 9.17) is 0 Å². The third-order valence-corrected chi connectivity index (χ3v) is 6.24. The van der Waals surface area contributed by atoms with E-state index in [0.717, 1.165) is 0 Å². The summed E-state index contributed by atoms with van der Waals surface area (Å²) >= 11 is 3.58. The molecule has 5 aromatic rings. The maximum absolute atomic E-state index is 2.32. The van der Waals surface area contributed by atoms with Gasteiger partial charge in [0.15, 0.2) is 0 Å². The SMILES string of the molecule is c1csc(-c2ccc3cc4ccc(-c5cccs5)cc4cc3c2)c1. The van der Waals surface area contributed by atoms with Crippen LogP contribution in [0.5, 0.6) is 0 Å². The molecule has 0 nitrogen and oxygen atoms in total. The van der Waals surface area contributed by atoms with Gasteiger partial charge in [-0.05, 0) is 79.8 Å². The average Bonchev–Trinajstić information content (AvgIpc) is 3.32. The molecule has 0 radical (unpaired) electrons. The first-order chi connectivity index (χ1) is 11.9. The van der Waals surface area contributed by atoms with E-state index in [1.165, 1.54) is 42.4 Å². The van der Waals surface area contributed by atoms with Gasteiger partial charge in [0.1, 0.15) is 0 Å². The smallest absolute Gasteiger partial charge is 0.0342 e. The lowest BCUT2D eigenvalue weighted by Crippen LogP contribution is -1.80. The van der Waals surface area contributed by atoms with Gasteiger partial charge >= 0.3 is 0 Å². The van der Waals surface area contributed by atoms with Crippen LogP contribution in [0.1, 0.15) is 0 Å². The minimum absolute atomic E-state index is 1.30. The summed E-state index contributed by atoms with van der Waals surface area (Å²) in [7, 11) is 0. The lowest BCUT2D eigenvalue weighted by molar-refractivity contribution is 1.74. The molecule has 0 bridgehead atoms. The normalized spacial score (nSPS) is 11.3. The van der Waals surface area contributed by atoms with Gasteiger partial charge in [0.05, 0.1) is 0 Å². The first kappa shape index (κ1) is 14.0. The Labute approximate surface area is 148 Å². The quantitative estimate of drug-likeness (QED) is 0.292. The second-order valence-electron chi connectivity index (χ2n) is 5.93. The minimum Gasteiger partial charge on any atom is -0.144 e. The number of hydrogen-bond donors (Lipinski definition) is 0. The molecule has 2 aromatic heterocycles. The summed E-state index contributed by atoms with van der Waals surface area (Å²) in [4.78, 5) is 2.65. The van der Waals surface area contributed by atoms with Crippen LogP contribution in [0.4, 0.5) is 0 Å². The van der Waals surface area contributed by atoms with Gasteiger partial charge in [-0.3, -0.25) is 0 Å². The molecule has 24 heavy (non-hydrogen) atoms. The van der Waals surface area contributed by atoms with Crippen LogP contribution in [0.25, 0.3) is 42.4 Å². The van der Waals surface area contributed by atoms with Crippen molar-refractivity contribution < 1.29 is 0 Å². The fraction of sp³-hybridized carbons (Fsp3) is 0. The number of hydrogen-bond acceptors (Lipinski definition) is 2. The van der Waals surface area contributed by atoms with Crippen LogP contribution >= 0.6 is 22.7 Å². The second-order valence-corrected chi connectivity index (χ2v) is 7.83. The number of rotatable bonds is 2. The van der Waals surface area contributed by atoms with E-state index in [1.54, 1.807) is 22.7 Å². The van der Waals surface area contributed by atoms with E-state index >= 15 is 0 Å². The molecule has 3 aromatic carbocycles. The molecule has 0 aliphatic heterocycles. The van der Waals surface area contributed by atoms with Gasteiger partial charge < -0.3 is 0 Å². The largest absolute Gasteiger partial charge is 0.144 e. The molecular formula is C22H14S2. The zero-order chi connectivity index (χ0) is 15.9. The third kappa shape index (κ3) is 2.35. The second kappa shape index (κ2) is 5.59. The van der Waals surface area contributed by atoms with E-state index in [1.807, 2.05) is 0 Å². The van der Waals surface area contributed by atoms with Gasteiger partial charge in [0.2, 0.25) is 0 Å². The molecule has 2 heterocycles. The fourth-order valence-electron chi connectivity index (χ4n) is 3.19. The summed E-state index contributed by atoms with van der Waals surface area (Å²) in [5.41, 5.74) is 2.59. The molecule has 114 valence electrons. The van der Waals surface area contributed by atoms with Crippen molar-refractivity contribution in [1.29, 1.82) is 0 Å². The summed E-state index contributed by atoms with van der Waals surface area (Å²) < 4.78 is 0. The Morgan fingerprint density at radius 3 is 1.42 bits per heavy atom. The van der Waals surface area contributed by atoms with Gasteiger partial charge in [-0.2, -0.15) is 0 Å². The summed E-state index contributed by atoms with van der Waals surface area (Å²) in [5.74, 6) is 0. The van der Waals surface area contributed by atoms with E-state index in [-0.39, 0.29) is 0 Å². The highest BCUT2D eigenvalue weighted by Gasteiger charge is 2.05. The predicted molar refractivity (Wildman–Crippen MR) is 108 cm³/mol. The highest BCUT2D eigenvalue weighted by atomic mass is 32.1. The van der Waals surface area contributed by atoms with Crippen LogP contribution in [0.15, 0.2) is 83.6 Å². The Morgan fingerprint density at radius 2 is 0.958 bits per heavy atom. The Bertz CT molecular complexity index is 1040. The average molecular weight is 342 g/mol. The molecule has 2 heteroatoms. The molecule has 0 unspecified atom stereocenters. The summed E-state index contributed by atoms with van der Waals surface area (Å²) in [5, 5.41) is 9.47. The van der Waals surface area contributed by atoms with E-state index in [2.05, 4.69) is 83.6 Å².